The maximum atomic E-state index is 4.83. The summed E-state index contributed by atoms with van der Waals surface area (Å²) in [7, 11) is 0. The van der Waals surface area contributed by atoms with E-state index < -0.39 is 0 Å². The minimum atomic E-state index is 0.898. The molecule has 1 fully saturated rings. The molecule has 0 unspecified atom stereocenters. The van der Waals surface area contributed by atoms with Crippen LogP contribution in [0.4, 0.5) is 5.95 Å². The first-order chi connectivity index (χ1) is 9.34. The zero-order chi connectivity index (χ0) is 12.8. The molecule has 19 heavy (non-hydrogen) atoms. The quantitative estimate of drug-likeness (QED) is 0.667. The van der Waals surface area contributed by atoms with Crippen molar-refractivity contribution < 1.29 is 0 Å². The lowest BCUT2D eigenvalue weighted by Gasteiger charge is -2.18. The highest BCUT2D eigenvalue weighted by molar-refractivity contribution is 5.92. The Morgan fingerprint density at radius 3 is 2.68 bits per heavy atom. The van der Waals surface area contributed by atoms with E-state index in [1.165, 1.54) is 12.8 Å². The highest BCUT2D eigenvalue weighted by Crippen LogP contribution is 2.25. The molecule has 2 aromatic heterocycles. The lowest BCUT2D eigenvalue weighted by Crippen LogP contribution is -2.22. The summed E-state index contributed by atoms with van der Waals surface area (Å²) in [4.78, 5) is 7.16. The minimum absolute atomic E-state index is 0.898. The van der Waals surface area contributed by atoms with Crippen LogP contribution in [0.25, 0.3) is 16.6 Å². The van der Waals surface area contributed by atoms with Crippen LogP contribution in [0, 0.1) is 6.92 Å². The number of anilines is 1. The van der Waals surface area contributed by atoms with E-state index in [4.69, 9.17) is 4.98 Å². The van der Waals surface area contributed by atoms with Crippen molar-refractivity contribution in [1.29, 1.82) is 0 Å². The molecule has 0 amide bonds. The topological polar surface area (TPSA) is 46.3 Å². The molecule has 0 saturated carbocycles. The van der Waals surface area contributed by atoms with Gasteiger partial charge in [0.05, 0.1) is 5.52 Å². The first-order valence-electron chi connectivity index (χ1n) is 6.70. The average molecular weight is 253 g/mol. The van der Waals surface area contributed by atoms with Gasteiger partial charge < -0.3 is 4.90 Å². The Kier molecular flexibility index (Phi) is 2.21. The van der Waals surface area contributed by atoms with Crippen molar-refractivity contribution in [2.24, 2.45) is 0 Å². The second kappa shape index (κ2) is 3.91. The molecule has 0 atom stereocenters. The summed E-state index contributed by atoms with van der Waals surface area (Å²) < 4.78 is 2.08. The lowest BCUT2D eigenvalue weighted by molar-refractivity contribution is 0.868. The lowest BCUT2D eigenvalue weighted by atomic mass is 10.2. The third-order valence-electron chi connectivity index (χ3n) is 3.78. The van der Waals surface area contributed by atoms with Gasteiger partial charge in [0, 0.05) is 18.5 Å². The molecule has 96 valence electrons. The van der Waals surface area contributed by atoms with Crippen molar-refractivity contribution in [3.63, 3.8) is 0 Å². The Morgan fingerprint density at radius 1 is 1.05 bits per heavy atom. The molecule has 3 heterocycles. The number of aromatic nitrogens is 4. The van der Waals surface area contributed by atoms with E-state index in [0.717, 1.165) is 41.4 Å². The van der Waals surface area contributed by atoms with Gasteiger partial charge in [-0.1, -0.05) is 12.1 Å². The van der Waals surface area contributed by atoms with Crippen LogP contribution < -0.4 is 4.90 Å². The van der Waals surface area contributed by atoms with Gasteiger partial charge in [0.2, 0.25) is 5.95 Å². The highest BCUT2D eigenvalue weighted by atomic mass is 15.4. The van der Waals surface area contributed by atoms with E-state index in [2.05, 4.69) is 25.6 Å². The zero-order valence-electron chi connectivity index (χ0n) is 10.9. The third-order valence-corrected chi connectivity index (χ3v) is 3.78. The SMILES string of the molecule is Cc1nnc2c3ccccc3nc(N3CCCC3)n12. The highest BCUT2D eigenvalue weighted by Gasteiger charge is 2.20. The Hall–Kier alpha value is -2.17. The molecular formula is C14H15N5. The number of benzene rings is 1. The Bertz CT molecular complexity index is 755. The number of hydrogen-bond acceptors (Lipinski definition) is 4. The number of fused-ring (bicyclic) bond motifs is 3. The molecule has 1 aromatic carbocycles. The monoisotopic (exact) mass is 253 g/mol. The molecule has 0 radical (unpaired) electrons. The second-order valence-electron chi connectivity index (χ2n) is 5.03. The van der Waals surface area contributed by atoms with Crippen LogP contribution in [-0.2, 0) is 0 Å². The van der Waals surface area contributed by atoms with Gasteiger partial charge in [-0.3, -0.25) is 0 Å². The maximum absolute atomic E-state index is 4.83. The number of hydrogen-bond donors (Lipinski definition) is 0. The number of para-hydroxylation sites is 1. The van der Waals surface area contributed by atoms with Gasteiger partial charge in [-0.15, -0.1) is 10.2 Å². The smallest absolute Gasteiger partial charge is 0.213 e. The molecule has 5 heteroatoms. The number of rotatable bonds is 1. The van der Waals surface area contributed by atoms with E-state index in [9.17, 15) is 0 Å². The van der Waals surface area contributed by atoms with Crippen LogP contribution in [0.15, 0.2) is 24.3 Å². The van der Waals surface area contributed by atoms with Crippen LogP contribution in [-0.4, -0.2) is 32.7 Å². The molecule has 3 aromatic rings. The molecule has 1 saturated heterocycles. The molecule has 5 nitrogen and oxygen atoms in total. The van der Waals surface area contributed by atoms with Crippen molar-refractivity contribution in [3.05, 3.63) is 30.1 Å². The molecule has 1 aliphatic heterocycles. The van der Waals surface area contributed by atoms with Gasteiger partial charge in [0.15, 0.2) is 5.65 Å². The fourth-order valence-corrected chi connectivity index (χ4v) is 2.82. The van der Waals surface area contributed by atoms with Crippen LogP contribution in [0.2, 0.25) is 0 Å². The van der Waals surface area contributed by atoms with Gasteiger partial charge in [0.1, 0.15) is 5.82 Å². The predicted molar refractivity (Wildman–Crippen MR) is 74.5 cm³/mol. The summed E-state index contributed by atoms with van der Waals surface area (Å²) in [5, 5.41) is 9.61. The first-order valence-corrected chi connectivity index (χ1v) is 6.70. The summed E-state index contributed by atoms with van der Waals surface area (Å²) in [6, 6.07) is 8.13. The van der Waals surface area contributed by atoms with Crippen molar-refractivity contribution in [2.75, 3.05) is 18.0 Å². The van der Waals surface area contributed by atoms with Crippen molar-refractivity contribution in [2.45, 2.75) is 19.8 Å². The van der Waals surface area contributed by atoms with E-state index in [0.29, 0.717) is 0 Å². The van der Waals surface area contributed by atoms with Crippen LogP contribution in [0.1, 0.15) is 18.7 Å². The normalized spacial score (nSPS) is 15.7. The Labute approximate surface area is 110 Å². The van der Waals surface area contributed by atoms with Crippen LogP contribution in [0.5, 0.6) is 0 Å². The molecule has 0 spiro atoms. The van der Waals surface area contributed by atoms with Gasteiger partial charge >= 0.3 is 0 Å². The van der Waals surface area contributed by atoms with E-state index in [1.807, 2.05) is 25.1 Å². The molecular weight excluding hydrogens is 238 g/mol. The van der Waals surface area contributed by atoms with Crippen molar-refractivity contribution in [1.82, 2.24) is 19.6 Å². The maximum Gasteiger partial charge on any atom is 0.213 e. The summed E-state index contributed by atoms with van der Waals surface area (Å²) in [6.45, 7) is 4.12. The third kappa shape index (κ3) is 1.51. The van der Waals surface area contributed by atoms with E-state index in [1.54, 1.807) is 0 Å². The summed E-state index contributed by atoms with van der Waals surface area (Å²) in [6.07, 6.45) is 2.47. The summed E-state index contributed by atoms with van der Waals surface area (Å²) in [5.74, 6) is 1.88. The summed E-state index contributed by atoms with van der Waals surface area (Å²) >= 11 is 0. The largest absolute Gasteiger partial charge is 0.342 e. The van der Waals surface area contributed by atoms with Crippen molar-refractivity contribution >= 4 is 22.5 Å². The molecule has 0 N–H and O–H groups in total. The van der Waals surface area contributed by atoms with Gasteiger partial charge in [0.25, 0.3) is 0 Å². The fraction of sp³-hybridized carbons (Fsp3) is 0.357. The van der Waals surface area contributed by atoms with Crippen LogP contribution >= 0.6 is 0 Å². The first kappa shape index (κ1) is 10.7. The zero-order valence-corrected chi connectivity index (χ0v) is 10.9. The molecule has 1 aliphatic rings. The molecule has 0 aliphatic carbocycles. The van der Waals surface area contributed by atoms with E-state index in [-0.39, 0.29) is 0 Å². The molecule has 4 rings (SSSR count). The number of aryl methyl sites for hydroxylation is 1. The van der Waals surface area contributed by atoms with Gasteiger partial charge in [-0.25, -0.2) is 9.38 Å². The van der Waals surface area contributed by atoms with Crippen molar-refractivity contribution in [3.8, 4) is 0 Å². The second-order valence-corrected chi connectivity index (χ2v) is 5.03. The van der Waals surface area contributed by atoms with Gasteiger partial charge in [-0.2, -0.15) is 0 Å². The average Bonchev–Trinajstić information content (AvgIpc) is 3.08. The van der Waals surface area contributed by atoms with E-state index >= 15 is 0 Å². The minimum Gasteiger partial charge on any atom is -0.342 e. The molecule has 0 bridgehead atoms. The van der Waals surface area contributed by atoms with Gasteiger partial charge in [-0.05, 0) is 31.9 Å². The number of nitrogens with zero attached hydrogens (tertiary/aromatic N) is 5. The van der Waals surface area contributed by atoms with Crippen LogP contribution in [0.3, 0.4) is 0 Å². The Morgan fingerprint density at radius 2 is 1.84 bits per heavy atom. The Balaban J connectivity index is 2.11. The predicted octanol–water partition coefficient (Wildman–Crippen LogP) is 2.19. The summed E-state index contributed by atoms with van der Waals surface area (Å²) in [5.41, 5.74) is 1.90. The fourth-order valence-electron chi connectivity index (χ4n) is 2.82. The standard InChI is InChI=1S/C14H15N5/c1-10-16-17-13-11-6-2-3-7-12(11)15-14(19(10)13)18-8-4-5-9-18/h2-3,6-7H,4-5,8-9H2,1H3.